The molecular formula is C25H24N6O3. The first-order valence-electron chi connectivity index (χ1n) is 11.0. The van der Waals surface area contributed by atoms with Gasteiger partial charge in [0, 0.05) is 18.7 Å². The molecule has 0 bridgehead atoms. The van der Waals surface area contributed by atoms with E-state index >= 15 is 0 Å². The topological polar surface area (TPSA) is 119 Å². The molecule has 172 valence electrons. The van der Waals surface area contributed by atoms with Gasteiger partial charge in [-0.1, -0.05) is 6.58 Å². The summed E-state index contributed by atoms with van der Waals surface area (Å²) in [5.41, 5.74) is 8.42. The molecular weight excluding hydrogens is 432 g/mol. The van der Waals surface area contributed by atoms with E-state index in [2.05, 4.69) is 16.5 Å². The van der Waals surface area contributed by atoms with E-state index in [-0.39, 0.29) is 17.7 Å². The second kappa shape index (κ2) is 8.86. The number of piperidine rings is 1. The number of phenolic OH excluding ortho intramolecular Hbond substituents is 1. The van der Waals surface area contributed by atoms with E-state index in [0.717, 1.165) is 18.4 Å². The number of aromatic nitrogens is 4. The highest BCUT2D eigenvalue weighted by Gasteiger charge is 2.28. The summed E-state index contributed by atoms with van der Waals surface area (Å²) in [4.78, 5) is 22.6. The maximum absolute atomic E-state index is 12.2. The monoisotopic (exact) mass is 456 g/mol. The minimum atomic E-state index is -0.0836. The molecule has 2 aromatic carbocycles. The summed E-state index contributed by atoms with van der Waals surface area (Å²) < 4.78 is 7.72. The van der Waals surface area contributed by atoms with E-state index in [9.17, 15) is 9.90 Å². The Bertz CT molecular complexity index is 1350. The molecule has 3 N–H and O–H groups in total. The van der Waals surface area contributed by atoms with Crippen LogP contribution in [0.25, 0.3) is 22.3 Å². The largest absolute Gasteiger partial charge is 0.508 e. The number of aromatic hydroxyl groups is 1. The molecule has 4 aromatic rings. The van der Waals surface area contributed by atoms with Gasteiger partial charge < -0.3 is 20.5 Å². The lowest BCUT2D eigenvalue weighted by atomic mass is 10.1. The van der Waals surface area contributed by atoms with Crippen molar-refractivity contribution < 1.29 is 14.6 Å². The summed E-state index contributed by atoms with van der Waals surface area (Å²) in [6, 6.07) is 14.0. The van der Waals surface area contributed by atoms with Crippen molar-refractivity contribution in [2.75, 3.05) is 18.8 Å². The summed E-state index contributed by atoms with van der Waals surface area (Å²) in [7, 11) is 0. The van der Waals surface area contributed by atoms with E-state index in [1.54, 1.807) is 29.2 Å². The van der Waals surface area contributed by atoms with E-state index < -0.39 is 0 Å². The molecule has 1 aliphatic heterocycles. The fraction of sp³-hybridized carbons (Fsp3) is 0.200. The van der Waals surface area contributed by atoms with Crippen LogP contribution in [0.4, 0.5) is 5.82 Å². The number of hydrogen-bond acceptors (Lipinski definition) is 7. The van der Waals surface area contributed by atoms with Crippen LogP contribution >= 0.6 is 0 Å². The Kier molecular flexibility index (Phi) is 5.59. The molecule has 1 fully saturated rings. The van der Waals surface area contributed by atoms with Crippen molar-refractivity contribution in [3.8, 4) is 28.5 Å². The molecule has 1 atom stereocenters. The number of rotatable bonds is 5. The molecule has 34 heavy (non-hydrogen) atoms. The summed E-state index contributed by atoms with van der Waals surface area (Å²) in [6.45, 7) is 4.84. The lowest BCUT2D eigenvalue weighted by molar-refractivity contribution is -0.127. The lowest BCUT2D eigenvalue weighted by Crippen LogP contribution is -2.40. The van der Waals surface area contributed by atoms with Gasteiger partial charge in [-0.3, -0.25) is 4.79 Å². The quantitative estimate of drug-likeness (QED) is 0.437. The van der Waals surface area contributed by atoms with Crippen LogP contribution in [0, 0.1) is 0 Å². The molecule has 0 saturated carbocycles. The van der Waals surface area contributed by atoms with Crippen molar-refractivity contribution in [2.24, 2.45) is 0 Å². The van der Waals surface area contributed by atoms with Crippen LogP contribution in [0.2, 0.25) is 0 Å². The molecule has 1 aliphatic rings. The van der Waals surface area contributed by atoms with Gasteiger partial charge in [-0.2, -0.15) is 5.10 Å². The number of likely N-dealkylation sites (tertiary alicyclic amines) is 1. The van der Waals surface area contributed by atoms with Crippen LogP contribution in [0.15, 0.2) is 67.5 Å². The molecule has 2 aromatic heterocycles. The van der Waals surface area contributed by atoms with Gasteiger partial charge in [0.15, 0.2) is 5.65 Å². The third-order valence-corrected chi connectivity index (χ3v) is 5.95. The highest BCUT2D eigenvalue weighted by molar-refractivity contribution is 5.98. The number of carbonyl (C=O) groups excluding carboxylic acids is 1. The van der Waals surface area contributed by atoms with E-state index in [1.165, 1.54) is 12.4 Å². The van der Waals surface area contributed by atoms with Crippen molar-refractivity contribution >= 4 is 22.8 Å². The van der Waals surface area contributed by atoms with Crippen LogP contribution in [0.5, 0.6) is 17.2 Å². The zero-order chi connectivity index (χ0) is 23.7. The van der Waals surface area contributed by atoms with Crippen LogP contribution in [0.3, 0.4) is 0 Å². The fourth-order valence-electron chi connectivity index (χ4n) is 4.27. The number of anilines is 1. The van der Waals surface area contributed by atoms with Crippen LogP contribution in [-0.2, 0) is 4.79 Å². The number of amides is 1. The number of nitrogen functional groups attached to an aromatic ring is 1. The molecule has 1 amide bonds. The number of nitrogens with two attached hydrogens (primary N) is 1. The lowest BCUT2D eigenvalue weighted by Gasteiger charge is -2.32. The normalized spacial score (nSPS) is 15.9. The Balaban J connectivity index is 1.48. The van der Waals surface area contributed by atoms with Crippen molar-refractivity contribution in [3.05, 3.63) is 67.5 Å². The van der Waals surface area contributed by atoms with Gasteiger partial charge in [0.25, 0.3) is 0 Å². The Morgan fingerprint density at radius 2 is 1.82 bits per heavy atom. The SMILES string of the molecule is C=CC(=O)N1CCC[C@@H](n2nc(-c3ccc(Oc4ccc(O)cc4)cc3)c3c(N)ncnc32)C1. The number of phenols is 1. The van der Waals surface area contributed by atoms with E-state index in [4.69, 9.17) is 15.6 Å². The third kappa shape index (κ3) is 4.03. The van der Waals surface area contributed by atoms with Crippen molar-refractivity contribution in [1.82, 2.24) is 24.6 Å². The molecule has 1 saturated heterocycles. The summed E-state index contributed by atoms with van der Waals surface area (Å²) in [6.07, 6.45) is 4.52. The summed E-state index contributed by atoms with van der Waals surface area (Å²) in [5, 5.41) is 15.0. The predicted octanol–water partition coefficient (Wildman–Crippen LogP) is 3.92. The van der Waals surface area contributed by atoms with Gasteiger partial charge in [0.2, 0.25) is 5.91 Å². The van der Waals surface area contributed by atoms with Gasteiger partial charge in [0.1, 0.15) is 35.1 Å². The average Bonchev–Trinajstić information content (AvgIpc) is 3.26. The number of hydrogen-bond donors (Lipinski definition) is 2. The number of benzene rings is 2. The Morgan fingerprint density at radius 1 is 1.12 bits per heavy atom. The van der Waals surface area contributed by atoms with E-state index in [0.29, 0.717) is 47.1 Å². The molecule has 9 nitrogen and oxygen atoms in total. The van der Waals surface area contributed by atoms with Crippen LogP contribution in [0.1, 0.15) is 18.9 Å². The molecule has 3 heterocycles. The molecule has 0 unspecified atom stereocenters. The maximum Gasteiger partial charge on any atom is 0.246 e. The van der Waals surface area contributed by atoms with Crippen LogP contribution < -0.4 is 10.5 Å². The Labute approximate surface area is 196 Å². The second-order valence-corrected chi connectivity index (χ2v) is 8.16. The Hall–Kier alpha value is -4.40. The van der Waals surface area contributed by atoms with Gasteiger partial charge in [-0.25, -0.2) is 14.6 Å². The van der Waals surface area contributed by atoms with Crippen molar-refractivity contribution in [3.63, 3.8) is 0 Å². The first kappa shape index (κ1) is 21.4. The summed E-state index contributed by atoms with van der Waals surface area (Å²) in [5.74, 6) is 1.72. The summed E-state index contributed by atoms with van der Waals surface area (Å²) >= 11 is 0. The van der Waals surface area contributed by atoms with Gasteiger partial charge >= 0.3 is 0 Å². The number of nitrogens with zero attached hydrogens (tertiary/aromatic N) is 5. The third-order valence-electron chi connectivity index (χ3n) is 5.95. The molecule has 0 spiro atoms. The molecule has 9 heteroatoms. The standard InChI is InChI=1S/C25H24N6O3/c1-2-21(33)30-13-3-4-17(14-30)31-25-22(24(26)27-15-28-25)23(29-31)16-5-9-19(10-6-16)34-20-11-7-18(32)8-12-20/h2,5-12,15,17,32H,1,3-4,13-14H2,(H2,26,27,28)/t17-/m1/s1. The minimum Gasteiger partial charge on any atom is -0.508 e. The van der Waals surface area contributed by atoms with Gasteiger partial charge in [-0.05, 0) is 67.4 Å². The highest BCUT2D eigenvalue weighted by atomic mass is 16.5. The average molecular weight is 457 g/mol. The van der Waals surface area contributed by atoms with E-state index in [1.807, 2.05) is 28.9 Å². The van der Waals surface area contributed by atoms with Crippen LogP contribution in [-0.4, -0.2) is 48.8 Å². The number of ether oxygens (including phenoxy) is 1. The second-order valence-electron chi connectivity index (χ2n) is 8.16. The molecule has 0 radical (unpaired) electrons. The van der Waals surface area contributed by atoms with Gasteiger partial charge in [0.05, 0.1) is 11.4 Å². The predicted molar refractivity (Wildman–Crippen MR) is 128 cm³/mol. The number of fused-ring (bicyclic) bond motifs is 1. The minimum absolute atomic E-state index is 0.0275. The highest BCUT2D eigenvalue weighted by Crippen LogP contribution is 2.35. The molecule has 0 aliphatic carbocycles. The number of carbonyl (C=O) groups is 1. The zero-order valence-electron chi connectivity index (χ0n) is 18.5. The van der Waals surface area contributed by atoms with Crippen molar-refractivity contribution in [1.29, 1.82) is 0 Å². The maximum atomic E-state index is 12.2. The zero-order valence-corrected chi connectivity index (χ0v) is 18.5. The smallest absolute Gasteiger partial charge is 0.246 e. The van der Waals surface area contributed by atoms with Crippen molar-refractivity contribution in [2.45, 2.75) is 18.9 Å². The Morgan fingerprint density at radius 3 is 2.53 bits per heavy atom. The fourth-order valence-corrected chi connectivity index (χ4v) is 4.27. The molecule has 5 rings (SSSR count). The first-order chi connectivity index (χ1) is 16.5. The van der Waals surface area contributed by atoms with Gasteiger partial charge in [-0.15, -0.1) is 0 Å². The first-order valence-corrected chi connectivity index (χ1v) is 11.0.